The summed E-state index contributed by atoms with van der Waals surface area (Å²) >= 11 is 0. The second-order valence-corrected chi connectivity index (χ2v) is 6.52. The largest absolute Gasteiger partial charge is 0.497 e. The molecule has 0 unspecified atom stereocenters. The Balaban J connectivity index is 1.60. The molecule has 1 saturated carbocycles. The van der Waals surface area contributed by atoms with Crippen molar-refractivity contribution < 1.29 is 4.74 Å². The second kappa shape index (κ2) is 7.81. The summed E-state index contributed by atoms with van der Waals surface area (Å²) in [5.41, 5.74) is 1.45. The van der Waals surface area contributed by atoms with Crippen molar-refractivity contribution in [1.82, 2.24) is 10.2 Å². The van der Waals surface area contributed by atoms with Crippen molar-refractivity contribution in [1.29, 1.82) is 0 Å². The fourth-order valence-electron chi connectivity index (χ4n) is 2.83. The Kier molecular flexibility index (Phi) is 6.07. The van der Waals surface area contributed by atoms with Gasteiger partial charge in [0.05, 0.1) is 7.11 Å². The van der Waals surface area contributed by atoms with Crippen LogP contribution < -0.4 is 10.1 Å². The molecule has 1 fully saturated rings. The molecule has 2 rings (SSSR count). The average molecular weight is 290 g/mol. The topological polar surface area (TPSA) is 24.5 Å². The van der Waals surface area contributed by atoms with Crippen molar-refractivity contribution in [2.24, 2.45) is 0 Å². The van der Waals surface area contributed by atoms with Gasteiger partial charge < -0.3 is 15.0 Å². The molecule has 118 valence electrons. The lowest BCUT2D eigenvalue weighted by atomic mass is 9.76. The zero-order valence-corrected chi connectivity index (χ0v) is 13.9. The van der Waals surface area contributed by atoms with Crippen molar-refractivity contribution in [2.75, 3.05) is 27.2 Å². The molecule has 1 aromatic rings. The molecule has 0 bridgehead atoms. The average Bonchev–Trinajstić information content (AvgIpc) is 2.45. The number of methoxy groups -OCH3 is 1. The highest BCUT2D eigenvalue weighted by Crippen LogP contribution is 2.37. The quantitative estimate of drug-likeness (QED) is 0.744. The lowest BCUT2D eigenvalue weighted by molar-refractivity contribution is 0.253. The fraction of sp³-hybridized carbons (Fsp3) is 0.667. The maximum absolute atomic E-state index is 5.21. The summed E-state index contributed by atoms with van der Waals surface area (Å²) in [4.78, 5) is 2.41. The molecule has 1 aromatic carbocycles. The van der Waals surface area contributed by atoms with E-state index in [4.69, 9.17) is 4.74 Å². The molecule has 1 aliphatic rings. The molecule has 21 heavy (non-hydrogen) atoms. The number of benzene rings is 1. The second-order valence-electron chi connectivity index (χ2n) is 6.52. The van der Waals surface area contributed by atoms with Gasteiger partial charge in [-0.15, -0.1) is 0 Å². The lowest BCUT2D eigenvalue weighted by Gasteiger charge is -2.36. The third-order valence-corrected chi connectivity index (χ3v) is 4.73. The summed E-state index contributed by atoms with van der Waals surface area (Å²) < 4.78 is 5.21. The van der Waals surface area contributed by atoms with Crippen LogP contribution in [0.4, 0.5) is 0 Å². The Morgan fingerprint density at radius 2 is 1.90 bits per heavy atom. The van der Waals surface area contributed by atoms with Crippen LogP contribution >= 0.6 is 0 Å². The van der Waals surface area contributed by atoms with E-state index in [1.165, 1.54) is 31.4 Å². The molecule has 1 N–H and O–H groups in total. The van der Waals surface area contributed by atoms with Crippen molar-refractivity contribution in [3.63, 3.8) is 0 Å². The zero-order valence-electron chi connectivity index (χ0n) is 13.9. The number of hydrogen-bond donors (Lipinski definition) is 1. The first kappa shape index (κ1) is 16.3. The van der Waals surface area contributed by atoms with Crippen molar-refractivity contribution in [3.8, 4) is 5.75 Å². The molecule has 0 aromatic heterocycles. The number of hydrogen-bond acceptors (Lipinski definition) is 3. The van der Waals surface area contributed by atoms with Crippen LogP contribution in [0.1, 0.15) is 44.6 Å². The Bertz CT molecular complexity index is 410. The highest BCUT2D eigenvalue weighted by molar-refractivity contribution is 5.30. The molecular weight excluding hydrogens is 260 g/mol. The smallest absolute Gasteiger partial charge is 0.118 e. The number of nitrogens with zero attached hydrogens (tertiary/aromatic N) is 1. The summed E-state index contributed by atoms with van der Waals surface area (Å²) in [5, 5.41) is 3.68. The first-order chi connectivity index (χ1) is 10.1. The summed E-state index contributed by atoms with van der Waals surface area (Å²) in [6.45, 7) is 6.81. The standard InChI is InChI=1S/C18H30N2O/c1-14(2)20(3)11-5-10-19-17-12-16(13-17)15-6-8-18(21-4)9-7-15/h6-9,14,16-17,19H,5,10-13H2,1-4H3. The third-order valence-electron chi connectivity index (χ3n) is 4.73. The minimum Gasteiger partial charge on any atom is -0.497 e. The molecule has 0 saturated heterocycles. The molecular formula is C18H30N2O. The lowest BCUT2D eigenvalue weighted by Crippen LogP contribution is -2.41. The van der Waals surface area contributed by atoms with Crippen molar-refractivity contribution in [3.05, 3.63) is 29.8 Å². The predicted octanol–water partition coefficient (Wildman–Crippen LogP) is 3.26. The normalized spacial score (nSPS) is 21.6. The predicted molar refractivity (Wildman–Crippen MR) is 89.1 cm³/mol. The summed E-state index contributed by atoms with van der Waals surface area (Å²) in [7, 11) is 3.92. The van der Waals surface area contributed by atoms with Gasteiger partial charge in [0, 0.05) is 12.1 Å². The number of nitrogens with one attached hydrogen (secondary N) is 1. The minimum atomic E-state index is 0.646. The summed E-state index contributed by atoms with van der Waals surface area (Å²) in [6, 6.07) is 9.90. The highest BCUT2D eigenvalue weighted by Gasteiger charge is 2.29. The molecule has 3 heteroatoms. The van der Waals surface area contributed by atoms with E-state index >= 15 is 0 Å². The highest BCUT2D eigenvalue weighted by atomic mass is 16.5. The Labute approximate surface area is 129 Å². The SMILES string of the molecule is COc1ccc(C2CC(NCCCN(C)C(C)C)C2)cc1. The Morgan fingerprint density at radius 1 is 1.24 bits per heavy atom. The van der Waals surface area contributed by atoms with Gasteiger partial charge in [-0.3, -0.25) is 0 Å². The van der Waals surface area contributed by atoms with Gasteiger partial charge in [-0.05, 0) is 76.9 Å². The van der Waals surface area contributed by atoms with Crippen LogP contribution in [0.15, 0.2) is 24.3 Å². The van der Waals surface area contributed by atoms with Gasteiger partial charge in [0.2, 0.25) is 0 Å². The minimum absolute atomic E-state index is 0.646. The molecule has 3 nitrogen and oxygen atoms in total. The van der Waals surface area contributed by atoms with Gasteiger partial charge in [-0.1, -0.05) is 12.1 Å². The van der Waals surface area contributed by atoms with Crippen molar-refractivity contribution in [2.45, 2.75) is 51.1 Å². The van der Waals surface area contributed by atoms with E-state index in [1.807, 2.05) is 0 Å². The van der Waals surface area contributed by atoms with Crippen LogP contribution in [-0.4, -0.2) is 44.2 Å². The molecule has 0 radical (unpaired) electrons. The number of rotatable bonds is 8. The molecule has 0 amide bonds. The van der Waals surface area contributed by atoms with Gasteiger partial charge in [-0.2, -0.15) is 0 Å². The first-order valence-electron chi connectivity index (χ1n) is 8.17. The van der Waals surface area contributed by atoms with E-state index in [1.54, 1.807) is 7.11 Å². The van der Waals surface area contributed by atoms with Gasteiger partial charge in [0.15, 0.2) is 0 Å². The van der Waals surface area contributed by atoms with E-state index in [9.17, 15) is 0 Å². The molecule has 0 spiro atoms. The van der Waals surface area contributed by atoms with Crippen LogP contribution in [0.3, 0.4) is 0 Å². The summed E-state index contributed by atoms with van der Waals surface area (Å²) in [5.74, 6) is 1.67. The molecule has 0 atom stereocenters. The summed E-state index contributed by atoms with van der Waals surface area (Å²) in [6.07, 6.45) is 3.77. The Hall–Kier alpha value is -1.06. The number of ether oxygens (including phenoxy) is 1. The van der Waals surface area contributed by atoms with E-state index in [-0.39, 0.29) is 0 Å². The van der Waals surface area contributed by atoms with Gasteiger partial charge in [0.25, 0.3) is 0 Å². The maximum Gasteiger partial charge on any atom is 0.118 e. The molecule has 0 aliphatic heterocycles. The Morgan fingerprint density at radius 3 is 2.48 bits per heavy atom. The van der Waals surface area contributed by atoms with E-state index in [2.05, 4.69) is 55.4 Å². The monoisotopic (exact) mass is 290 g/mol. The van der Waals surface area contributed by atoms with Gasteiger partial charge in [0.1, 0.15) is 5.75 Å². The van der Waals surface area contributed by atoms with Gasteiger partial charge in [-0.25, -0.2) is 0 Å². The van der Waals surface area contributed by atoms with Crippen LogP contribution in [0.25, 0.3) is 0 Å². The van der Waals surface area contributed by atoms with Crippen LogP contribution in [0, 0.1) is 0 Å². The third kappa shape index (κ3) is 4.72. The van der Waals surface area contributed by atoms with Crippen LogP contribution in [-0.2, 0) is 0 Å². The van der Waals surface area contributed by atoms with E-state index in [0.29, 0.717) is 12.1 Å². The maximum atomic E-state index is 5.21. The van der Waals surface area contributed by atoms with Crippen LogP contribution in [0.2, 0.25) is 0 Å². The zero-order chi connectivity index (χ0) is 15.2. The van der Waals surface area contributed by atoms with Gasteiger partial charge >= 0.3 is 0 Å². The van der Waals surface area contributed by atoms with E-state index < -0.39 is 0 Å². The van der Waals surface area contributed by atoms with E-state index in [0.717, 1.165) is 18.2 Å². The molecule has 1 aliphatic carbocycles. The molecule has 0 heterocycles. The first-order valence-corrected chi connectivity index (χ1v) is 8.17. The van der Waals surface area contributed by atoms with Crippen molar-refractivity contribution >= 4 is 0 Å². The fourth-order valence-corrected chi connectivity index (χ4v) is 2.83. The van der Waals surface area contributed by atoms with Crippen LogP contribution in [0.5, 0.6) is 5.75 Å².